The lowest BCUT2D eigenvalue weighted by molar-refractivity contribution is -0.384. The van der Waals surface area contributed by atoms with E-state index >= 15 is 0 Å². The van der Waals surface area contributed by atoms with Crippen LogP contribution in [0, 0.1) is 10.1 Å². The van der Waals surface area contributed by atoms with E-state index in [1.54, 1.807) is 0 Å². The number of nitrogens with zero attached hydrogens (tertiary/aromatic N) is 2. The van der Waals surface area contributed by atoms with Gasteiger partial charge >= 0.3 is 5.97 Å². The van der Waals surface area contributed by atoms with Crippen molar-refractivity contribution in [2.45, 2.75) is 23.8 Å². The van der Waals surface area contributed by atoms with Gasteiger partial charge in [-0.2, -0.15) is 4.31 Å². The maximum absolute atomic E-state index is 12.3. The smallest absolute Gasteiger partial charge is 0.318 e. The van der Waals surface area contributed by atoms with E-state index in [9.17, 15) is 23.3 Å². The summed E-state index contributed by atoms with van der Waals surface area (Å²) in [6.07, 6.45) is 1.25. The van der Waals surface area contributed by atoms with E-state index in [1.165, 1.54) is 0 Å². The lowest BCUT2D eigenvalue weighted by Crippen LogP contribution is -2.37. The average Bonchev–Trinajstić information content (AvgIpc) is 3.20. The third-order valence-corrected chi connectivity index (χ3v) is 4.81. The second-order valence-electron chi connectivity index (χ2n) is 4.43. The van der Waals surface area contributed by atoms with Gasteiger partial charge in [0.05, 0.1) is 9.82 Å². The van der Waals surface area contributed by atoms with Crippen LogP contribution in [0.15, 0.2) is 29.2 Å². The van der Waals surface area contributed by atoms with Crippen LogP contribution < -0.4 is 0 Å². The largest absolute Gasteiger partial charge is 0.480 e. The molecule has 0 saturated heterocycles. The summed E-state index contributed by atoms with van der Waals surface area (Å²) >= 11 is 0. The molecule has 20 heavy (non-hydrogen) atoms. The second kappa shape index (κ2) is 5.17. The Labute approximate surface area is 114 Å². The van der Waals surface area contributed by atoms with Gasteiger partial charge in [-0.25, -0.2) is 8.42 Å². The van der Waals surface area contributed by atoms with Gasteiger partial charge in [-0.05, 0) is 25.0 Å². The lowest BCUT2D eigenvalue weighted by atomic mass is 10.3. The van der Waals surface area contributed by atoms with Crippen molar-refractivity contribution < 1.29 is 23.2 Å². The predicted octanol–water partition coefficient (Wildman–Crippen LogP) is 0.833. The van der Waals surface area contributed by atoms with Gasteiger partial charge in [0.15, 0.2) is 0 Å². The molecule has 1 aliphatic rings. The van der Waals surface area contributed by atoms with Crippen molar-refractivity contribution in [1.82, 2.24) is 4.31 Å². The molecule has 1 aromatic rings. The summed E-state index contributed by atoms with van der Waals surface area (Å²) in [4.78, 5) is 20.5. The number of carboxylic acid groups (broad SMARTS) is 1. The monoisotopic (exact) mass is 300 g/mol. The fourth-order valence-corrected chi connectivity index (χ4v) is 3.42. The van der Waals surface area contributed by atoms with Gasteiger partial charge in [-0.3, -0.25) is 14.9 Å². The minimum atomic E-state index is -3.95. The number of non-ortho nitro benzene ring substituents is 1. The Kier molecular flexibility index (Phi) is 3.73. The van der Waals surface area contributed by atoms with Crippen molar-refractivity contribution >= 4 is 21.7 Å². The average molecular weight is 300 g/mol. The van der Waals surface area contributed by atoms with E-state index in [-0.39, 0.29) is 16.6 Å². The summed E-state index contributed by atoms with van der Waals surface area (Å²) in [6, 6.07) is 4.10. The molecule has 1 saturated carbocycles. The SMILES string of the molecule is O=C(O)CN(C1CC1)S(=O)(=O)c1ccc([N+](=O)[O-])cc1. The van der Waals surface area contributed by atoms with Crippen LogP contribution in [0.1, 0.15) is 12.8 Å². The topological polar surface area (TPSA) is 118 Å². The Morgan fingerprint density at radius 3 is 2.30 bits per heavy atom. The number of hydrogen-bond acceptors (Lipinski definition) is 5. The lowest BCUT2D eigenvalue weighted by Gasteiger charge is -2.19. The molecule has 2 rings (SSSR count). The van der Waals surface area contributed by atoms with Crippen molar-refractivity contribution in [1.29, 1.82) is 0 Å². The highest BCUT2D eigenvalue weighted by Crippen LogP contribution is 2.32. The zero-order chi connectivity index (χ0) is 14.9. The Morgan fingerprint density at radius 1 is 1.35 bits per heavy atom. The van der Waals surface area contributed by atoms with Crippen LogP contribution in [-0.2, 0) is 14.8 Å². The van der Waals surface area contributed by atoms with Crippen LogP contribution >= 0.6 is 0 Å². The summed E-state index contributed by atoms with van der Waals surface area (Å²) < 4.78 is 25.6. The molecule has 8 nitrogen and oxygen atoms in total. The second-order valence-corrected chi connectivity index (χ2v) is 6.32. The number of nitro benzene ring substituents is 1. The molecule has 0 aromatic heterocycles. The summed E-state index contributed by atoms with van der Waals surface area (Å²) in [5, 5.41) is 19.3. The van der Waals surface area contributed by atoms with E-state index in [1.807, 2.05) is 0 Å². The number of carboxylic acids is 1. The van der Waals surface area contributed by atoms with Crippen LogP contribution in [0.3, 0.4) is 0 Å². The molecule has 0 atom stereocenters. The maximum atomic E-state index is 12.3. The van der Waals surface area contributed by atoms with Crippen molar-refractivity contribution in [2.75, 3.05) is 6.54 Å². The summed E-state index contributed by atoms with van der Waals surface area (Å²) in [6.45, 7) is -0.607. The van der Waals surface area contributed by atoms with Crippen LogP contribution in [0.2, 0.25) is 0 Å². The maximum Gasteiger partial charge on any atom is 0.318 e. The summed E-state index contributed by atoms with van der Waals surface area (Å²) in [7, 11) is -3.95. The first-order valence-electron chi connectivity index (χ1n) is 5.80. The van der Waals surface area contributed by atoms with Crippen molar-refractivity contribution in [2.24, 2.45) is 0 Å². The van der Waals surface area contributed by atoms with Crippen LogP contribution in [0.5, 0.6) is 0 Å². The molecular formula is C11H12N2O6S. The number of aliphatic carboxylic acids is 1. The number of benzene rings is 1. The van der Waals surface area contributed by atoms with Crippen LogP contribution in [0.4, 0.5) is 5.69 Å². The van der Waals surface area contributed by atoms with E-state index in [4.69, 9.17) is 5.11 Å². The fourth-order valence-electron chi connectivity index (χ4n) is 1.78. The van der Waals surface area contributed by atoms with E-state index < -0.39 is 27.5 Å². The van der Waals surface area contributed by atoms with Gasteiger partial charge in [0.2, 0.25) is 10.0 Å². The first kappa shape index (κ1) is 14.4. The van der Waals surface area contributed by atoms with Crippen LogP contribution in [0.25, 0.3) is 0 Å². The van der Waals surface area contributed by atoms with Gasteiger partial charge in [0.25, 0.3) is 5.69 Å². The molecule has 0 bridgehead atoms. The van der Waals surface area contributed by atoms with Crippen molar-refractivity contribution in [3.05, 3.63) is 34.4 Å². The van der Waals surface area contributed by atoms with Crippen molar-refractivity contribution in [3.8, 4) is 0 Å². The van der Waals surface area contributed by atoms with E-state index in [0.717, 1.165) is 28.6 Å². The molecule has 1 aliphatic carbocycles. The first-order chi connectivity index (χ1) is 9.32. The van der Waals surface area contributed by atoms with Gasteiger partial charge in [0.1, 0.15) is 6.54 Å². The molecule has 1 N–H and O–H groups in total. The highest BCUT2D eigenvalue weighted by molar-refractivity contribution is 7.89. The third kappa shape index (κ3) is 2.94. The molecular weight excluding hydrogens is 288 g/mol. The number of carbonyl (C=O) groups is 1. The Balaban J connectivity index is 2.32. The zero-order valence-electron chi connectivity index (χ0n) is 10.3. The number of nitro groups is 1. The first-order valence-corrected chi connectivity index (χ1v) is 7.24. The molecule has 1 aromatic carbocycles. The number of sulfonamides is 1. The number of hydrogen-bond donors (Lipinski definition) is 1. The Morgan fingerprint density at radius 2 is 1.90 bits per heavy atom. The zero-order valence-corrected chi connectivity index (χ0v) is 11.1. The summed E-state index contributed by atoms with van der Waals surface area (Å²) in [5.74, 6) is -1.23. The van der Waals surface area contributed by atoms with Crippen LogP contribution in [-0.4, -0.2) is 41.3 Å². The molecule has 108 valence electrons. The molecule has 0 radical (unpaired) electrons. The normalized spacial score (nSPS) is 15.2. The molecule has 0 unspecified atom stereocenters. The highest BCUT2D eigenvalue weighted by atomic mass is 32.2. The minimum Gasteiger partial charge on any atom is -0.480 e. The molecule has 0 spiro atoms. The highest BCUT2D eigenvalue weighted by Gasteiger charge is 2.39. The molecule has 1 fully saturated rings. The summed E-state index contributed by atoms with van der Waals surface area (Å²) in [5.41, 5.74) is -0.222. The molecule has 9 heteroatoms. The minimum absolute atomic E-state index is 0.142. The molecule has 0 amide bonds. The molecule has 0 aliphatic heterocycles. The Bertz CT molecular complexity index is 635. The van der Waals surface area contributed by atoms with Gasteiger partial charge in [0, 0.05) is 18.2 Å². The third-order valence-electron chi connectivity index (χ3n) is 2.90. The fraction of sp³-hybridized carbons (Fsp3) is 0.364. The van der Waals surface area contributed by atoms with Gasteiger partial charge < -0.3 is 5.11 Å². The van der Waals surface area contributed by atoms with E-state index in [0.29, 0.717) is 12.8 Å². The molecule has 0 heterocycles. The van der Waals surface area contributed by atoms with E-state index in [2.05, 4.69) is 0 Å². The Hall–Kier alpha value is -2.00. The predicted molar refractivity (Wildman–Crippen MR) is 67.6 cm³/mol. The van der Waals surface area contributed by atoms with Gasteiger partial charge in [-0.15, -0.1) is 0 Å². The number of rotatable bonds is 6. The quantitative estimate of drug-likeness (QED) is 0.614. The van der Waals surface area contributed by atoms with Gasteiger partial charge in [-0.1, -0.05) is 0 Å². The van der Waals surface area contributed by atoms with Crippen molar-refractivity contribution in [3.63, 3.8) is 0 Å². The standard InChI is InChI=1S/C11H12N2O6S/c14-11(15)7-12(8-1-2-8)20(18,19)10-5-3-9(4-6-10)13(16)17/h3-6,8H,1-2,7H2,(H,14,15).